The maximum atomic E-state index is 14.0. The first-order valence-electron chi connectivity index (χ1n) is 52.3. The first kappa shape index (κ1) is 96.6. The molecule has 31 nitrogen and oxygen atoms in total. The summed E-state index contributed by atoms with van der Waals surface area (Å²) in [6, 6.07) is 53.0. The molecule has 7 saturated heterocycles. The Hall–Kier alpha value is -14.1. The van der Waals surface area contributed by atoms with E-state index in [1.54, 1.807) is 33.0 Å². The monoisotopic (exact) mass is 1960 g/mol. The number of carbonyl (C=O) groups excluding carboxylic acids is 5. The smallest absolute Gasteiger partial charge is 0.237 e. The fraction of sp³-hybridized carbons (Fsp3) is 0.426. The SMILES string of the molecule is CC(C)Oc1ccc(C2=NCc3ccc(N4CC[C@@]5(CCN(CC(=O)N6CC=C(c7ccc(-c8ncn(C)n8)cc7)CC6)C5)C4)cc32)cn1.CC(C)Oc1ccc(C2=NCc3ccc(N4CC[C@]5(CCN(CC(=O)N6CC=C(c7ccc(-c8ncn(C)n8)cc7)CC6)C5)C4=O)cc32)cn1.CC1CC(C2=NCc3ccc(N4CC[C@]5(CCN(CC(=O)N6CC=C(c7ccc(-c8ncn(C)n8)cc7)CC6)C5)C4=O)cc32)CCN1. The number of rotatable bonds is 22. The summed E-state index contributed by atoms with van der Waals surface area (Å²) in [5.74, 6) is 4.77. The van der Waals surface area contributed by atoms with Crippen LogP contribution in [-0.2, 0) is 64.7 Å². The minimum absolute atomic E-state index is 0.0578. The zero-order valence-electron chi connectivity index (χ0n) is 85.0. The molecule has 752 valence electrons. The molecule has 0 radical (unpaired) electrons. The number of amides is 5. The van der Waals surface area contributed by atoms with E-state index in [0.717, 1.165) is 215 Å². The number of carbonyl (C=O) groups is 5. The van der Waals surface area contributed by atoms with Crippen molar-refractivity contribution < 1.29 is 33.4 Å². The van der Waals surface area contributed by atoms with E-state index in [1.165, 1.54) is 61.5 Å². The first-order valence-corrected chi connectivity index (χ1v) is 52.3. The fourth-order valence-electron chi connectivity index (χ4n) is 24.0. The van der Waals surface area contributed by atoms with Crippen LogP contribution in [0.4, 0.5) is 17.1 Å². The van der Waals surface area contributed by atoms with Gasteiger partial charge in [-0.3, -0.25) is 67.7 Å². The van der Waals surface area contributed by atoms with Gasteiger partial charge in [0.1, 0.15) is 19.0 Å². The van der Waals surface area contributed by atoms with Crippen molar-refractivity contribution in [2.24, 2.45) is 58.3 Å². The van der Waals surface area contributed by atoms with Crippen LogP contribution >= 0.6 is 0 Å². The van der Waals surface area contributed by atoms with Crippen LogP contribution in [0.2, 0.25) is 0 Å². The zero-order chi connectivity index (χ0) is 100. The Morgan fingerprint density at radius 2 is 0.795 bits per heavy atom. The van der Waals surface area contributed by atoms with Gasteiger partial charge < -0.3 is 44.2 Å². The molecule has 1 N–H and O–H groups in total. The molecule has 5 amide bonds. The van der Waals surface area contributed by atoms with Crippen LogP contribution in [0.25, 0.3) is 50.9 Å². The molecule has 5 aromatic heterocycles. The van der Waals surface area contributed by atoms with Gasteiger partial charge in [0.05, 0.1) is 73.7 Å². The molecule has 18 heterocycles. The van der Waals surface area contributed by atoms with Crippen LogP contribution in [-0.4, -0.2) is 279 Å². The Labute approximate surface area is 853 Å². The molecule has 5 atom stereocenters. The summed E-state index contributed by atoms with van der Waals surface area (Å²) in [5, 5.41) is 16.7. The molecule has 0 bridgehead atoms. The molecule has 13 aliphatic heterocycles. The number of likely N-dealkylation sites (tertiary alicyclic amines) is 3. The topological polar surface area (TPSA) is 300 Å². The predicted molar refractivity (Wildman–Crippen MR) is 567 cm³/mol. The van der Waals surface area contributed by atoms with Crippen molar-refractivity contribution in [2.45, 2.75) is 143 Å². The zero-order valence-corrected chi connectivity index (χ0v) is 85.0. The maximum absolute atomic E-state index is 14.0. The number of aryl methyl sites for hydroxylation is 3. The van der Waals surface area contributed by atoms with E-state index in [0.29, 0.717) is 115 Å². The second-order valence-corrected chi connectivity index (χ2v) is 42.7. The standard InChI is InChI=1S/C39H42N8O3.C39H44N8O2.C37H44N8O2/c1-26(2)50-34-11-9-31(22-40-34)36-33-20-32(10-8-30(33)21-41-36)47-19-15-39(38(47)49)14-18-45(24-39)23-35(48)46-16-12-28(13-17-46)27-4-6-29(7-5-27)37-42-25-44(3)43-37;1-27(2)49-35-11-9-32(22-40-35)37-34-20-33(10-8-31(34)21-41-37)47-19-15-39(25-47)14-18-45(24-39)23-36(48)46-16-12-29(13-17-46)28-4-6-30(7-5-28)38-42-26-44(3)43-38;1-25-19-29(9-14-38-25)34-32-20-31(8-7-30(32)21-39-34)45-18-13-37(36(45)47)12-17-43(23-37)22-33(46)44-15-10-27(11-16-44)26-3-5-28(6-4-26)35-40-24-42(2)41-35/h4-12,20,22,25-26H,13-19,21,23-24H2,1-3H3;4-12,20,22,26-27H,13-19,21,23-25H2,1-3H3;3-8,10,20,24-25,29,38H,9,11-19,21-23H2,1-2H3/t2*39-;25?,29?,37-/m010/s1. The number of aliphatic imine (C=N–C) groups is 3. The summed E-state index contributed by atoms with van der Waals surface area (Å²) < 4.78 is 16.6. The van der Waals surface area contributed by atoms with E-state index >= 15 is 0 Å². The molecule has 31 heteroatoms. The lowest BCUT2D eigenvalue weighted by molar-refractivity contribution is -0.133. The highest BCUT2D eigenvalue weighted by molar-refractivity contribution is 6.17. The highest BCUT2D eigenvalue weighted by Gasteiger charge is 2.54. The van der Waals surface area contributed by atoms with E-state index in [-0.39, 0.29) is 47.2 Å². The minimum Gasteiger partial charge on any atom is -0.475 e. The van der Waals surface area contributed by atoms with Crippen molar-refractivity contribution in [2.75, 3.05) is 146 Å². The number of anilines is 3. The fourth-order valence-corrected chi connectivity index (χ4v) is 24.0. The van der Waals surface area contributed by atoms with Gasteiger partial charge in [-0.25, -0.2) is 24.9 Å². The Kier molecular flexibility index (Phi) is 27.2. The summed E-state index contributed by atoms with van der Waals surface area (Å²) in [5.41, 5.74) is 25.2. The number of nitrogens with one attached hydrogen (secondary N) is 1. The molecular weight excluding hydrogens is 1830 g/mol. The lowest BCUT2D eigenvalue weighted by Gasteiger charge is -2.29. The van der Waals surface area contributed by atoms with Gasteiger partial charge >= 0.3 is 0 Å². The highest BCUT2D eigenvalue weighted by Crippen LogP contribution is 2.48. The number of fused-ring (bicyclic) bond motifs is 3. The number of pyridine rings is 2. The molecule has 11 aromatic rings. The van der Waals surface area contributed by atoms with Crippen LogP contribution in [0.1, 0.15) is 166 Å². The van der Waals surface area contributed by atoms with Gasteiger partial charge in [0.25, 0.3) is 0 Å². The Morgan fingerprint density at radius 3 is 1.20 bits per heavy atom. The van der Waals surface area contributed by atoms with Crippen molar-refractivity contribution >= 4 is 80.5 Å². The number of hydrogen-bond acceptors (Lipinski definition) is 23. The van der Waals surface area contributed by atoms with Crippen molar-refractivity contribution in [3.8, 4) is 45.9 Å². The lowest BCUT2D eigenvalue weighted by Crippen LogP contribution is -2.43. The Bertz CT molecular complexity index is 6980. The number of nitrogens with zero attached hydrogens (tertiary/aromatic N) is 23. The average molecular weight is 1960 g/mol. The lowest BCUT2D eigenvalue weighted by atomic mass is 9.85. The molecule has 13 aliphatic rings. The van der Waals surface area contributed by atoms with Gasteiger partial charge in [-0.15, -0.1) is 0 Å². The van der Waals surface area contributed by atoms with E-state index in [2.05, 4.69) is 218 Å². The second-order valence-electron chi connectivity index (χ2n) is 42.7. The third-order valence-corrected chi connectivity index (χ3v) is 32.0. The number of benzene rings is 6. The van der Waals surface area contributed by atoms with Crippen LogP contribution in [0, 0.1) is 22.2 Å². The van der Waals surface area contributed by atoms with Gasteiger partial charge in [-0.05, 0) is 230 Å². The molecule has 3 spiro atoms. The van der Waals surface area contributed by atoms with E-state index in [1.807, 2.05) is 110 Å². The molecule has 7 fully saturated rings. The van der Waals surface area contributed by atoms with Gasteiger partial charge in [0.2, 0.25) is 41.3 Å². The van der Waals surface area contributed by atoms with Crippen molar-refractivity contribution in [3.05, 3.63) is 262 Å². The first-order chi connectivity index (χ1) is 70.9. The van der Waals surface area contributed by atoms with Crippen LogP contribution in [0.15, 0.2) is 216 Å². The van der Waals surface area contributed by atoms with Crippen LogP contribution < -0.4 is 29.5 Å². The normalized spacial score (nSPS) is 22.4. The molecule has 0 aliphatic carbocycles. The molecule has 146 heavy (non-hydrogen) atoms. The van der Waals surface area contributed by atoms with Gasteiger partial charge in [0.15, 0.2) is 17.5 Å². The number of aromatic nitrogens is 11. The molecular formula is C115H130N24O7. The third-order valence-electron chi connectivity index (χ3n) is 32.0. The van der Waals surface area contributed by atoms with Crippen molar-refractivity contribution in [1.82, 2.24) is 89.0 Å². The number of ether oxygens (including phenoxy) is 2. The second kappa shape index (κ2) is 41.0. The van der Waals surface area contributed by atoms with Gasteiger partial charge in [-0.2, -0.15) is 15.3 Å². The van der Waals surface area contributed by atoms with Crippen LogP contribution in [0.3, 0.4) is 0 Å². The van der Waals surface area contributed by atoms with Gasteiger partial charge in [-0.1, -0.05) is 109 Å². The Balaban J connectivity index is 0.000000125. The molecule has 24 rings (SSSR count). The van der Waals surface area contributed by atoms with Crippen molar-refractivity contribution in [3.63, 3.8) is 0 Å². The largest absolute Gasteiger partial charge is 0.475 e. The van der Waals surface area contributed by atoms with Gasteiger partial charge in [0, 0.05) is 215 Å². The molecule has 2 unspecified atom stereocenters. The maximum Gasteiger partial charge on any atom is 0.237 e. The summed E-state index contributed by atoms with van der Waals surface area (Å²) >= 11 is 0. The predicted octanol–water partition coefficient (Wildman–Crippen LogP) is 13.9. The number of hydrogen-bond donors (Lipinski definition) is 1. The Morgan fingerprint density at radius 1 is 0.411 bits per heavy atom. The summed E-state index contributed by atoms with van der Waals surface area (Å²) in [7, 11) is 5.60. The van der Waals surface area contributed by atoms with E-state index < -0.39 is 10.8 Å². The summed E-state index contributed by atoms with van der Waals surface area (Å²) in [6.45, 7) is 26.8. The van der Waals surface area contributed by atoms with Crippen LogP contribution in [0.5, 0.6) is 11.8 Å². The number of piperidine rings is 1. The molecule has 6 aromatic carbocycles. The average Bonchev–Trinajstić information content (AvgIpc) is 1.60. The molecule has 0 saturated carbocycles. The summed E-state index contributed by atoms with van der Waals surface area (Å²) in [4.78, 5) is 124. The van der Waals surface area contributed by atoms with E-state index in [4.69, 9.17) is 24.5 Å². The summed E-state index contributed by atoms with van der Waals surface area (Å²) in [6.07, 6.45) is 25.8. The van der Waals surface area contributed by atoms with E-state index in [9.17, 15) is 24.0 Å². The highest BCUT2D eigenvalue weighted by atomic mass is 16.5. The minimum atomic E-state index is -0.446. The quantitative estimate of drug-likeness (QED) is 0.0659. The van der Waals surface area contributed by atoms with Crippen molar-refractivity contribution in [1.29, 1.82) is 0 Å². The third kappa shape index (κ3) is 20.4.